The minimum absolute atomic E-state index is 0.229. The van der Waals surface area contributed by atoms with Gasteiger partial charge in [0.05, 0.1) is 13.2 Å². The van der Waals surface area contributed by atoms with E-state index in [2.05, 4.69) is 0 Å². The van der Waals surface area contributed by atoms with Gasteiger partial charge in [0.15, 0.2) is 0 Å². The van der Waals surface area contributed by atoms with Crippen molar-refractivity contribution >= 4 is 5.97 Å². The summed E-state index contributed by atoms with van der Waals surface area (Å²) in [4.78, 5) is 18.7. The van der Waals surface area contributed by atoms with Gasteiger partial charge in [-0.15, -0.1) is 0 Å². The molecule has 1 saturated heterocycles. The van der Waals surface area contributed by atoms with Crippen LogP contribution in [-0.4, -0.2) is 23.7 Å². The Labute approximate surface area is 143 Å². The summed E-state index contributed by atoms with van der Waals surface area (Å²) >= 11 is 0. The van der Waals surface area contributed by atoms with Crippen molar-refractivity contribution in [1.29, 1.82) is 0 Å². The van der Waals surface area contributed by atoms with Gasteiger partial charge in [0.2, 0.25) is 0 Å². The van der Waals surface area contributed by atoms with Crippen molar-refractivity contribution in [2.24, 2.45) is 0 Å². The molecule has 24 heavy (non-hydrogen) atoms. The van der Waals surface area contributed by atoms with E-state index in [9.17, 15) is 4.79 Å². The van der Waals surface area contributed by atoms with Gasteiger partial charge in [0, 0.05) is 6.42 Å². The molecule has 4 heteroatoms. The highest BCUT2D eigenvalue weighted by Crippen LogP contribution is 2.40. The van der Waals surface area contributed by atoms with E-state index >= 15 is 0 Å². The maximum absolute atomic E-state index is 12.4. The molecule has 0 aliphatic carbocycles. The number of hydrogen-bond acceptors (Lipinski definition) is 4. The number of nitrogens with zero attached hydrogens (tertiary/aromatic N) is 1. The van der Waals surface area contributed by atoms with Gasteiger partial charge in [-0.25, -0.2) is 0 Å². The molecule has 2 aromatic carbocycles. The molecule has 0 spiro atoms. The molecule has 0 unspecified atom stereocenters. The van der Waals surface area contributed by atoms with E-state index in [4.69, 9.17) is 9.57 Å². The molecular formula is C20H23NO3. The van der Waals surface area contributed by atoms with Gasteiger partial charge in [0.1, 0.15) is 11.6 Å². The monoisotopic (exact) mass is 325 g/mol. The molecule has 126 valence electrons. The van der Waals surface area contributed by atoms with Gasteiger partial charge in [0.25, 0.3) is 0 Å². The quantitative estimate of drug-likeness (QED) is 0.786. The lowest BCUT2D eigenvalue weighted by Crippen LogP contribution is -2.36. The van der Waals surface area contributed by atoms with Crippen LogP contribution >= 0.6 is 0 Å². The maximum atomic E-state index is 12.4. The van der Waals surface area contributed by atoms with Crippen LogP contribution in [0.3, 0.4) is 0 Å². The molecule has 0 aromatic heterocycles. The van der Waals surface area contributed by atoms with E-state index in [0.717, 1.165) is 11.1 Å². The Bertz CT molecular complexity index is 674. The summed E-state index contributed by atoms with van der Waals surface area (Å²) in [7, 11) is 0. The van der Waals surface area contributed by atoms with Crippen LogP contribution in [0.5, 0.6) is 0 Å². The first-order chi connectivity index (χ1) is 11.6. The third kappa shape index (κ3) is 3.50. The van der Waals surface area contributed by atoms with Crippen molar-refractivity contribution in [3.8, 4) is 0 Å². The first-order valence-corrected chi connectivity index (χ1v) is 8.34. The van der Waals surface area contributed by atoms with Gasteiger partial charge in [-0.1, -0.05) is 60.7 Å². The lowest BCUT2D eigenvalue weighted by Gasteiger charge is -2.25. The number of ether oxygens (including phenoxy) is 1. The summed E-state index contributed by atoms with van der Waals surface area (Å²) in [6.07, 6.45) is 0.572. The fraction of sp³-hybridized carbons (Fsp3) is 0.350. The number of hydroxylamine groups is 2. The normalized spacial score (nSPS) is 24.0. The summed E-state index contributed by atoms with van der Waals surface area (Å²) in [6, 6.07) is 19.6. The average molecular weight is 325 g/mol. The Morgan fingerprint density at radius 3 is 2.42 bits per heavy atom. The van der Waals surface area contributed by atoms with Gasteiger partial charge >= 0.3 is 5.97 Å². The van der Waals surface area contributed by atoms with Crippen LogP contribution in [0.2, 0.25) is 0 Å². The molecule has 2 atom stereocenters. The highest BCUT2D eigenvalue weighted by atomic mass is 16.7. The van der Waals surface area contributed by atoms with Crippen LogP contribution in [0, 0.1) is 0 Å². The van der Waals surface area contributed by atoms with E-state index in [1.165, 1.54) is 0 Å². The van der Waals surface area contributed by atoms with Crippen LogP contribution in [0.25, 0.3) is 0 Å². The van der Waals surface area contributed by atoms with Crippen molar-refractivity contribution in [1.82, 2.24) is 5.06 Å². The smallest absolute Gasteiger partial charge is 0.325 e. The fourth-order valence-corrected chi connectivity index (χ4v) is 3.14. The molecule has 0 radical (unpaired) electrons. The molecule has 0 bridgehead atoms. The summed E-state index contributed by atoms with van der Waals surface area (Å²) in [5.74, 6) is -0.229. The second kappa shape index (κ2) is 7.16. The first kappa shape index (κ1) is 16.7. The Balaban J connectivity index is 1.85. The third-order valence-corrected chi connectivity index (χ3v) is 4.37. The Morgan fingerprint density at radius 1 is 1.17 bits per heavy atom. The zero-order valence-corrected chi connectivity index (χ0v) is 14.1. The number of carbonyl (C=O) groups is 1. The minimum Gasteiger partial charge on any atom is -0.465 e. The lowest BCUT2D eigenvalue weighted by molar-refractivity contribution is -0.214. The van der Waals surface area contributed by atoms with Gasteiger partial charge in [-0.05, 0) is 25.0 Å². The molecule has 0 saturated carbocycles. The third-order valence-electron chi connectivity index (χ3n) is 4.37. The first-order valence-electron chi connectivity index (χ1n) is 8.34. The number of carbonyl (C=O) groups excluding carboxylic acids is 1. The van der Waals surface area contributed by atoms with Gasteiger partial charge < -0.3 is 4.74 Å². The van der Waals surface area contributed by atoms with E-state index in [0.29, 0.717) is 19.6 Å². The largest absolute Gasteiger partial charge is 0.465 e. The lowest BCUT2D eigenvalue weighted by atomic mass is 9.90. The van der Waals surface area contributed by atoms with E-state index in [1.54, 1.807) is 5.06 Å². The maximum Gasteiger partial charge on any atom is 0.325 e. The van der Waals surface area contributed by atoms with Crippen LogP contribution in [-0.2, 0) is 26.5 Å². The second-order valence-corrected chi connectivity index (χ2v) is 6.22. The SMILES string of the molecule is CCOC(=O)[C@@H]1C[C@](C)(c2ccccc2)ON1Cc1ccccc1. The van der Waals surface area contributed by atoms with Crippen LogP contribution in [0.15, 0.2) is 60.7 Å². The topological polar surface area (TPSA) is 38.8 Å². The van der Waals surface area contributed by atoms with Crippen molar-refractivity contribution < 1.29 is 14.4 Å². The Morgan fingerprint density at radius 2 is 1.79 bits per heavy atom. The molecule has 0 N–H and O–H groups in total. The van der Waals surface area contributed by atoms with Crippen LogP contribution in [0.1, 0.15) is 31.4 Å². The van der Waals surface area contributed by atoms with Crippen molar-refractivity contribution in [2.45, 2.75) is 38.5 Å². The summed E-state index contributed by atoms with van der Waals surface area (Å²) < 4.78 is 5.26. The number of benzene rings is 2. The van der Waals surface area contributed by atoms with Crippen LogP contribution < -0.4 is 0 Å². The predicted molar refractivity (Wildman–Crippen MR) is 91.9 cm³/mol. The number of rotatable bonds is 5. The van der Waals surface area contributed by atoms with Crippen LogP contribution in [0.4, 0.5) is 0 Å². The minimum atomic E-state index is -0.534. The van der Waals surface area contributed by atoms with E-state index in [-0.39, 0.29) is 5.97 Å². The molecule has 1 fully saturated rings. The number of esters is 1. The van der Waals surface area contributed by atoms with Crippen molar-refractivity contribution in [3.63, 3.8) is 0 Å². The molecule has 1 heterocycles. The Hall–Kier alpha value is -2.17. The zero-order chi connectivity index (χ0) is 17.0. The zero-order valence-electron chi connectivity index (χ0n) is 14.1. The second-order valence-electron chi connectivity index (χ2n) is 6.22. The fourth-order valence-electron chi connectivity index (χ4n) is 3.14. The average Bonchev–Trinajstić information content (AvgIpc) is 2.95. The molecule has 0 amide bonds. The van der Waals surface area contributed by atoms with E-state index < -0.39 is 11.6 Å². The predicted octanol–water partition coefficient (Wildman–Crippen LogP) is 3.67. The van der Waals surface area contributed by atoms with Gasteiger partial charge in [-0.3, -0.25) is 9.63 Å². The van der Waals surface area contributed by atoms with Crippen molar-refractivity contribution in [3.05, 3.63) is 71.8 Å². The highest BCUT2D eigenvalue weighted by Gasteiger charge is 2.47. The summed E-state index contributed by atoms with van der Waals surface area (Å²) in [5, 5.41) is 1.76. The summed E-state index contributed by atoms with van der Waals surface area (Å²) in [6.45, 7) is 4.77. The molecule has 3 rings (SSSR count). The molecule has 4 nitrogen and oxygen atoms in total. The molecule has 2 aromatic rings. The van der Waals surface area contributed by atoms with Crippen molar-refractivity contribution in [2.75, 3.05) is 6.61 Å². The van der Waals surface area contributed by atoms with Gasteiger partial charge in [-0.2, -0.15) is 5.06 Å². The summed E-state index contributed by atoms with van der Waals surface area (Å²) in [5.41, 5.74) is 1.63. The molecule has 1 aliphatic rings. The highest BCUT2D eigenvalue weighted by molar-refractivity contribution is 5.76. The molecule has 1 aliphatic heterocycles. The van der Waals surface area contributed by atoms with E-state index in [1.807, 2.05) is 74.5 Å². The molecular weight excluding hydrogens is 302 g/mol. The standard InChI is InChI=1S/C20H23NO3/c1-3-23-19(22)18-14-20(2,17-12-8-5-9-13-17)24-21(18)15-16-10-6-4-7-11-16/h4-13,18H,3,14-15H2,1-2H3/t18-,20+/m0/s1. The number of hydrogen-bond donors (Lipinski definition) is 0. The Kier molecular flexibility index (Phi) is 4.97.